The van der Waals surface area contributed by atoms with Crippen LogP contribution in [-0.2, 0) is 6.54 Å². The average Bonchev–Trinajstić information content (AvgIpc) is 3.90. The van der Waals surface area contributed by atoms with E-state index in [1.807, 2.05) is 62.4 Å². The molecule has 0 aliphatic heterocycles. The molecule has 0 spiro atoms. The molecule has 4 aromatic heterocycles. The van der Waals surface area contributed by atoms with E-state index in [4.69, 9.17) is 39.5 Å². The predicted octanol–water partition coefficient (Wildman–Crippen LogP) is 10.1. The van der Waals surface area contributed by atoms with Crippen molar-refractivity contribution in [1.82, 2.24) is 29.9 Å². The Balaban J connectivity index is 0.000000203. The summed E-state index contributed by atoms with van der Waals surface area (Å²) in [5, 5.41) is 14.0. The molecule has 0 bridgehead atoms. The lowest BCUT2D eigenvalue weighted by Gasteiger charge is -2.25. The third-order valence-electron chi connectivity index (χ3n) is 8.15. The largest absolute Gasteiger partial charge is 0.497 e. The predicted molar refractivity (Wildman–Crippen MR) is 233 cm³/mol. The van der Waals surface area contributed by atoms with E-state index in [2.05, 4.69) is 51.2 Å². The molecular formula is C39H34Cl3N11O3S2. The lowest BCUT2D eigenvalue weighted by molar-refractivity contribution is 0.0987. The summed E-state index contributed by atoms with van der Waals surface area (Å²) in [6.45, 7) is 4.13. The second-order valence-corrected chi connectivity index (χ2v) is 15.3. The molecule has 7 aromatic rings. The Kier molecular flexibility index (Phi) is 14.0. The molecule has 3 aromatic carbocycles. The number of anilines is 7. The number of ether oxygens (including phenoxy) is 1. The summed E-state index contributed by atoms with van der Waals surface area (Å²) in [5.41, 5.74) is 3.96. The van der Waals surface area contributed by atoms with Gasteiger partial charge in [-0.2, -0.15) is 0 Å². The fraction of sp³-hybridized carbons (Fsp3) is 0.128. The maximum absolute atomic E-state index is 13.6. The van der Waals surface area contributed by atoms with Gasteiger partial charge in [-0.3, -0.25) is 9.59 Å². The van der Waals surface area contributed by atoms with E-state index in [1.165, 1.54) is 47.5 Å². The molecular weight excluding hydrogens is 841 g/mol. The number of carbonyl (C=O) groups is 2. The van der Waals surface area contributed by atoms with Crippen LogP contribution in [0.15, 0.2) is 97.8 Å². The van der Waals surface area contributed by atoms with Crippen molar-refractivity contribution in [2.24, 2.45) is 0 Å². The molecule has 14 nitrogen and oxygen atoms in total. The van der Waals surface area contributed by atoms with E-state index in [0.717, 1.165) is 22.4 Å². The van der Waals surface area contributed by atoms with Crippen molar-refractivity contribution in [1.29, 1.82) is 0 Å². The van der Waals surface area contributed by atoms with E-state index in [-0.39, 0.29) is 17.0 Å². The highest BCUT2D eigenvalue weighted by molar-refractivity contribution is 7.18. The van der Waals surface area contributed by atoms with Gasteiger partial charge in [0.05, 0.1) is 47.5 Å². The van der Waals surface area contributed by atoms with Gasteiger partial charge in [-0.25, -0.2) is 29.9 Å². The Morgan fingerprint density at radius 1 is 0.707 bits per heavy atom. The summed E-state index contributed by atoms with van der Waals surface area (Å²) in [4.78, 5) is 53.6. The molecule has 0 saturated carbocycles. The summed E-state index contributed by atoms with van der Waals surface area (Å²) in [6, 6.07) is 18.6. The lowest BCUT2D eigenvalue weighted by atomic mass is 10.1. The highest BCUT2D eigenvalue weighted by Crippen LogP contribution is 2.34. The Morgan fingerprint density at radius 2 is 1.29 bits per heavy atom. The SMILES string of the molecule is CNc1nccnc1Nc1ncc(C(=O)Nc2c(C)cccc2Cl)s1.COc1ccc(CN(C(=O)c2cnc(Nc3nccnc3Cl)s2)c2c(C)cccc2Cl)cc1. The van der Waals surface area contributed by atoms with Crippen molar-refractivity contribution in [3.63, 3.8) is 0 Å². The highest BCUT2D eigenvalue weighted by Gasteiger charge is 2.25. The number of amides is 2. The highest BCUT2D eigenvalue weighted by atomic mass is 35.5. The van der Waals surface area contributed by atoms with Gasteiger partial charge >= 0.3 is 0 Å². The normalized spacial score (nSPS) is 10.5. The number of rotatable bonds is 12. The van der Waals surface area contributed by atoms with Crippen LogP contribution in [0.2, 0.25) is 15.2 Å². The molecule has 0 aliphatic carbocycles. The molecule has 0 atom stereocenters. The van der Waals surface area contributed by atoms with Gasteiger partial charge in [-0.05, 0) is 54.8 Å². The molecule has 7 rings (SSSR count). The van der Waals surface area contributed by atoms with Gasteiger partial charge in [0.2, 0.25) is 0 Å². The zero-order valence-corrected chi connectivity index (χ0v) is 35.2. The third-order valence-corrected chi connectivity index (χ3v) is 10.9. The monoisotopic (exact) mass is 873 g/mol. The Labute approximate surface area is 356 Å². The minimum absolute atomic E-state index is 0.216. The molecule has 0 aliphatic rings. The summed E-state index contributed by atoms with van der Waals surface area (Å²) in [7, 11) is 3.36. The van der Waals surface area contributed by atoms with Crippen LogP contribution >= 0.6 is 57.5 Å². The molecule has 0 fully saturated rings. The number of methoxy groups -OCH3 is 1. The third kappa shape index (κ3) is 10.3. The number of nitrogens with one attached hydrogen (secondary N) is 4. The number of thiazole rings is 2. The Morgan fingerprint density at radius 3 is 1.93 bits per heavy atom. The van der Waals surface area contributed by atoms with E-state index in [0.29, 0.717) is 65.4 Å². The standard InChI is InChI=1S/C23H19Cl2N5O2S.C16H15ClN6OS/c1-14-4-3-5-17(24)19(14)30(13-15-6-8-16(32-2)9-7-15)22(31)18-12-28-23(33-18)29-21-20(25)26-10-11-27-21;1-9-4-3-5-10(17)12(9)22-15(24)11-8-21-16(25-11)23-14-13(18-2)19-6-7-20-14/h3-12H,13H2,1-2H3,(H,27,28,29);3-8H,1-2H3,(H,18,19)(H,22,24)(H,20,21,23). The van der Waals surface area contributed by atoms with E-state index in [1.54, 1.807) is 43.6 Å². The quantitative estimate of drug-likeness (QED) is 0.0917. The number of halogens is 3. The summed E-state index contributed by atoms with van der Waals surface area (Å²) < 4.78 is 5.24. The van der Waals surface area contributed by atoms with E-state index >= 15 is 0 Å². The number of nitrogens with zero attached hydrogens (tertiary/aromatic N) is 7. The minimum atomic E-state index is -0.269. The van der Waals surface area contributed by atoms with Crippen molar-refractivity contribution >= 4 is 108 Å². The van der Waals surface area contributed by atoms with Gasteiger partial charge in [-0.1, -0.05) is 93.9 Å². The number of hydrogen-bond acceptors (Lipinski definition) is 14. The maximum atomic E-state index is 13.6. The molecule has 0 unspecified atom stereocenters. The van der Waals surface area contributed by atoms with Gasteiger partial charge in [-0.15, -0.1) is 0 Å². The summed E-state index contributed by atoms with van der Waals surface area (Å²) in [5.74, 6) is 1.74. The van der Waals surface area contributed by atoms with Crippen LogP contribution in [0.3, 0.4) is 0 Å². The van der Waals surface area contributed by atoms with Crippen LogP contribution in [0.5, 0.6) is 5.75 Å². The molecule has 19 heteroatoms. The zero-order valence-electron chi connectivity index (χ0n) is 31.3. The molecule has 0 saturated heterocycles. The number of para-hydroxylation sites is 2. The minimum Gasteiger partial charge on any atom is -0.497 e. The number of benzene rings is 3. The molecule has 4 N–H and O–H groups in total. The van der Waals surface area contributed by atoms with Gasteiger partial charge < -0.3 is 30.9 Å². The van der Waals surface area contributed by atoms with Gasteiger partial charge in [0.25, 0.3) is 11.8 Å². The van der Waals surface area contributed by atoms with Gasteiger partial charge in [0.15, 0.2) is 32.9 Å². The maximum Gasteiger partial charge on any atom is 0.270 e. The Bertz CT molecular complexity index is 2500. The van der Waals surface area contributed by atoms with Crippen LogP contribution < -0.4 is 30.9 Å². The average molecular weight is 875 g/mol. The van der Waals surface area contributed by atoms with Crippen LogP contribution in [0, 0.1) is 13.8 Å². The first-order valence-electron chi connectivity index (χ1n) is 17.2. The molecule has 2 amide bonds. The number of carbonyl (C=O) groups excluding carboxylic acids is 2. The van der Waals surface area contributed by atoms with Crippen LogP contribution in [0.25, 0.3) is 0 Å². The first-order chi connectivity index (χ1) is 28.0. The molecule has 296 valence electrons. The van der Waals surface area contributed by atoms with Gasteiger partial charge in [0, 0.05) is 31.8 Å². The number of aryl methyl sites for hydroxylation is 2. The fourth-order valence-electron chi connectivity index (χ4n) is 5.32. The second kappa shape index (κ2) is 19.5. The molecule has 4 heterocycles. The lowest BCUT2D eigenvalue weighted by Crippen LogP contribution is -2.30. The van der Waals surface area contributed by atoms with E-state index < -0.39 is 0 Å². The smallest absolute Gasteiger partial charge is 0.270 e. The molecule has 58 heavy (non-hydrogen) atoms. The van der Waals surface area contributed by atoms with E-state index in [9.17, 15) is 9.59 Å². The fourth-order valence-corrected chi connectivity index (χ4v) is 7.54. The number of aromatic nitrogens is 6. The first kappa shape index (κ1) is 41.7. The first-order valence-corrected chi connectivity index (χ1v) is 20.0. The number of hydrogen-bond donors (Lipinski definition) is 4. The van der Waals surface area contributed by atoms with Gasteiger partial charge in [0.1, 0.15) is 15.5 Å². The summed E-state index contributed by atoms with van der Waals surface area (Å²) in [6.07, 6.45) is 9.20. The van der Waals surface area contributed by atoms with Crippen molar-refractivity contribution in [2.45, 2.75) is 20.4 Å². The van der Waals surface area contributed by atoms with Crippen molar-refractivity contribution in [2.75, 3.05) is 40.3 Å². The van der Waals surface area contributed by atoms with Crippen molar-refractivity contribution < 1.29 is 14.3 Å². The Hall–Kier alpha value is -5.91. The van der Waals surface area contributed by atoms with Crippen molar-refractivity contribution in [3.8, 4) is 5.75 Å². The van der Waals surface area contributed by atoms with Crippen LogP contribution in [0.4, 0.5) is 39.1 Å². The second-order valence-electron chi connectivity index (χ2n) is 12.0. The zero-order chi connectivity index (χ0) is 41.2. The summed E-state index contributed by atoms with van der Waals surface area (Å²) >= 11 is 21.1. The van der Waals surface area contributed by atoms with Crippen LogP contribution in [0.1, 0.15) is 36.0 Å². The van der Waals surface area contributed by atoms with Crippen LogP contribution in [-0.4, -0.2) is 55.9 Å². The van der Waals surface area contributed by atoms with Crippen molar-refractivity contribution in [3.05, 3.63) is 139 Å². The molecule has 0 radical (unpaired) electrons. The topological polar surface area (TPSA) is 172 Å².